The highest BCUT2D eigenvalue weighted by Gasteiger charge is 2.18. The molecule has 4 N–H and O–H groups in total. The summed E-state index contributed by atoms with van der Waals surface area (Å²) < 4.78 is 40.6. The Hall–Kier alpha value is -2.53. The van der Waals surface area contributed by atoms with Gasteiger partial charge in [0, 0.05) is 7.05 Å². The molecule has 0 aliphatic carbocycles. The third-order valence-corrected chi connectivity index (χ3v) is 5.01. The summed E-state index contributed by atoms with van der Waals surface area (Å²) in [4.78, 5) is 15.1. The van der Waals surface area contributed by atoms with Crippen molar-refractivity contribution in [2.75, 3.05) is 17.1 Å². The second kappa shape index (κ2) is 7.36. The molecule has 0 fully saturated rings. The highest BCUT2D eigenvalue weighted by molar-refractivity contribution is 7.93. The first-order valence-electron chi connectivity index (χ1n) is 6.57. The molecular formula is C13H14FN5O3S2. The minimum atomic E-state index is -3.95. The fraction of sp³-hybridized carbons (Fsp3) is 0.154. The Morgan fingerprint density at radius 3 is 2.75 bits per heavy atom. The second-order valence-corrected chi connectivity index (χ2v) is 7.14. The van der Waals surface area contributed by atoms with Crippen LogP contribution in [0.5, 0.6) is 0 Å². The smallest absolute Gasteiger partial charge is 0.262 e. The summed E-state index contributed by atoms with van der Waals surface area (Å²) in [5, 5.41) is 12.4. The molecule has 24 heavy (non-hydrogen) atoms. The third kappa shape index (κ3) is 4.49. The molecule has 8 nitrogen and oxygen atoms in total. The molecule has 0 aliphatic heterocycles. The first-order valence-corrected chi connectivity index (χ1v) is 8.94. The minimum Gasteiger partial charge on any atom is -0.377 e. The molecule has 0 spiro atoms. The van der Waals surface area contributed by atoms with Crippen molar-refractivity contribution in [2.24, 2.45) is 0 Å². The van der Waals surface area contributed by atoms with Crippen LogP contribution in [0.3, 0.4) is 0 Å². The van der Waals surface area contributed by atoms with Crippen molar-refractivity contribution < 1.29 is 17.6 Å². The molecule has 1 amide bonds. The normalized spacial score (nSPS) is 10.9. The van der Waals surface area contributed by atoms with Crippen molar-refractivity contribution in [1.82, 2.24) is 10.3 Å². The number of hydrogen-bond donors (Lipinski definition) is 4. The van der Waals surface area contributed by atoms with Gasteiger partial charge in [-0.1, -0.05) is 0 Å². The number of nitrogens with zero attached hydrogens (tertiary/aromatic N) is 1. The minimum absolute atomic E-state index is 0.0270. The number of hydrogen-bond acceptors (Lipinski definition) is 6. The standard InChI is InChI=1S/C13H14FN5O3S2/c1-16-11(15)5-12(20)18-10-3-2-8(4-9(10)14)24(21,22)19-13-6-17-7-23-13/h2-4,6-7,19H,5H2,1H3,(H2,15,16)(H,18,20). The average molecular weight is 371 g/mol. The van der Waals surface area contributed by atoms with Crippen LogP contribution in [0.15, 0.2) is 34.8 Å². The number of carbonyl (C=O) groups is 1. The molecule has 0 unspecified atom stereocenters. The van der Waals surface area contributed by atoms with Gasteiger partial charge in [-0.3, -0.25) is 19.9 Å². The van der Waals surface area contributed by atoms with Crippen LogP contribution in [-0.4, -0.2) is 32.2 Å². The maximum Gasteiger partial charge on any atom is 0.262 e. The number of halogens is 1. The first kappa shape index (κ1) is 17.8. The lowest BCUT2D eigenvalue weighted by Crippen LogP contribution is -2.24. The van der Waals surface area contributed by atoms with Gasteiger partial charge in [-0.2, -0.15) is 0 Å². The molecule has 2 aromatic rings. The van der Waals surface area contributed by atoms with Gasteiger partial charge in [0.25, 0.3) is 10.0 Å². The van der Waals surface area contributed by atoms with E-state index in [0.717, 1.165) is 23.5 Å². The van der Waals surface area contributed by atoms with Gasteiger partial charge in [0.05, 0.1) is 28.7 Å². The molecule has 0 atom stereocenters. The number of thiazole rings is 1. The van der Waals surface area contributed by atoms with Crippen LogP contribution in [0.1, 0.15) is 6.42 Å². The lowest BCUT2D eigenvalue weighted by atomic mass is 10.3. The van der Waals surface area contributed by atoms with E-state index < -0.39 is 21.7 Å². The molecule has 1 aromatic carbocycles. The maximum absolute atomic E-state index is 14.1. The van der Waals surface area contributed by atoms with Crippen molar-refractivity contribution in [1.29, 1.82) is 5.41 Å². The van der Waals surface area contributed by atoms with Gasteiger partial charge in [-0.05, 0) is 18.2 Å². The van der Waals surface area contributed by atoms with E-state index in [2.05, 4.69) is 20.3 Å². The fourth-order valence-corrected chi connectivity index (χ4v) is 3.49. The number of nitrogens with one attached hydrogen (secondary N) is 4. The van der Waals surface area contributed by atoms with Crippen molar-refractivity contribution in [3.05, 3.63) is 35.7 Å². The highest BCUT2D eigenvalue weighted by Crippen LogP contribution is 2.22. The van der Waals surface area contributed by atoms with Crippen LogP contribution in [0, 0.1) is 11.2 Å². The fourth-order valence-electron chi connectivity index (χ4n) is 1.67. The average Bonchev–Trinajstić information content (AvgIpc) is 3.01. The zero-order valence-corrected chi connectivity index (χ0v) is 14.1. The molecule has 0 saturated carbocycles. The molecule has 11 heteroatoms. The Bertz CT molecular complexity index is 852. The van der Waals surface area contributed by atoms with Gasteiger partial charge in [-0.25, -0.2) is 12.8 Å². The van der Waals surface area contributed by atoms with Crippen molar-refractivity contribution in [2.45, 2.75) is 11.3 Å². The molecule has 2 rings (SSSR count). The van der Waals surface area contributed by atoms with Crippen molar-refractivity contribution in [3.8, 4) is 0 Å². The quantitative estimate of drug-likeness (QED) is 0.454. The summed E-state index contributed by atoms with van der Waals surface area (Å²) in [5.74, 6) is -1.51. The zero-order valence-electron chi connectivity index (χ0n) is 12.5. The number of aromatic nitrogens is 1. The maximum atomic E-state index is 14.1. The van der Waals surface area contributed by atoms with Crippen LogP contribution < -0.4 is 15.4 Å². The predicted octanol–water partition coefficient (Wildman–Crippen LogP) is 1.61. The summed E-state index contributed by atoms with van der Waals surface area (Å²) in [6.45, 7) is 0. The van der Waals surface area contributed by atoms with Crippen LogP contribution in [0.25, 0.3) is 0 Å². The largest absolute Gasteiger partial charge is 0.377 e. The van der Waals surface area contributed by atoms with Gasteiger partial charge in [0.1, 0.15) is 16.7 Å². The van der Waals surface area contributed by atoms with E-state index in [0.29, 0.717) is 5.00 Å². The van der Waals surface area contributed by atoms with Crippen LogP contribution in [-0.2, 0) is 14.8 Å². The van der Waals surface area contributed by atoms with E-state index in [1.807, 2.05) is 0 Å². The van der Waals surface area contributed by atoms with Crippen LogP contribution >= 0.6 is 11.3 Å². The Morgan fingerprint density at radius 1 is 1.42 bits per heavy atom. The van der Waals surface area contributed by atoms with E-state index in [1.165, 1.54) is 24.8 Å². The number of rotatable bonds is 6. The summed E-state index contributed by atoms with van der Waals surface area (Å²) in [7, 11) is -2.46. The summed E-state index contributed by atoms with van der Waals surface area (Å²) in [6, 6.07) is 3.13. The molecule has 0 bridgehead atoms. The molecule has 0 radical (unpaired) electrons. The third-order valence-electron chi connectivity index (χ3n) is 2.83. The number of benzene rings is 1. The number of carbonyl (C=O) groups excluding carboxylic acids is 1. The molecule has 1 aromatic heterocycles. The summed E-state index contributed by atoms with van der Waals surface area (Å²) in [5.41, 5.74) is 1.29. The number of sulfonamides is 1. The topological polar surface area (TPSA) is 124 Å². The van der Waals surface area contributed by atoms with Crippen LogP contribution in [0.4, 0.5) is 15.1 Å². The Labute approximate surface area is 141 Å². The van der Waals surface area contributed by atoms with E-state index in [-0.39, 0.29) is 22.8 Å². The molecular weight excluding hydrogens is 357 g/mol. The monoisotopic (exact) mass is 371 g/mol. The highest BCUT2D eigenvalue weighted by atomic mass is 32.2. The molecule has 1 heterocycles. The summed E-state index contributed by atoms with van der Waals surface area (Å²) >= 11 is 1.09. The second-order valence-electron chi connectivity index (χ2n) is 4.57. The van der Waals surface area contributed by atoms with Gasteiger partial charge in [0.2, 0.25) is 5.91 Å². The number of anilines is 2. The van der Waals surface area contributed by atoms with Crippen molar-refractivity contribution in [3.63, 3.8) is 0 Å². The Kier molecular flexibility index (Phi) is 5.46. The Morgan fingerprint density at radius 2 is 2.17 bits per heavy atom. The zero-order chi connectivity index (χ0) is 17.7. The lowest BCUT2D eigenvalue weighted by Gasteiger charge is -2.10. The number of amidine groups is 1. The lowest BCUT2D eigenvalue weighted by molar-refractivity contribution is -0.115. The van der Waals surface area contributed by atoms with Gasteiger partial charge < -0.3 is 10.6 Å². The van der Waals surface area contributed by atoms with Gasteiger partial charge in [-0.15, -0.1) is 11.3 Å². The number of amides is 1. The van der Waals surface area contributed by atoms with E-state index in [9.17, 15) is 17.6 Å². The molecule has 128 valence electrons. The predicted molar refractivity (Wildman–Crippen MR) is 89.4 cm³/mol. The molecule has 0 saturated heterocycles. The SMILES string of the molecule is CNC(=N)CC(=O)Nc1ccc(S(=O)(=O)Nc2cncs2)cc1F. The summed E-state index contributed by atoms with van der Waals surface area (Å²) in [6.07, 6.45) is 1.09. The van der Waals surface area contributed by atoms with E-state index >= 15 is 0 Å². The van der Waals surface area contributed by atoms with Crippen molar-refractivity contribution >= 4 is 43.8 Å². The van der Waals surface area contributed by atoms with E-state index in [1.54, 1.807) is 0 Å². The Balaban J connectivity index is 2.14. The first-order chi connectivity index (χ1) is 11.3. The van der Waals surface area contributed by atoms with Crippen LogP contribution in [0.2, 0.25) is 0 Å². The van der Waals surface area contributed by atoms with Gasteiger partial charge >= 0.3 is 0 Å². The van der Waals surface area contributed by atoms with E-state index in [4.69, 9.17) is 5.41 Å². The van der Waals surface area contributed by atoms with Gasteiger partial charge in [0.15, 0.2) is 0 Å². The molecule has 0 aliphatic rings.